The Morgan fingerprint density at radius 2 is 1.93 bits per heavy atom. The van der Waals surface area contributed by atoms with Crippen molar-refractivity contribution < 1.29 is 9.53 Å². The van der Waals surface area contributed by atoms with Crippen LogP contribution in [0.25, 0.3) is 0 Å². The molecule has 0 bridgehead atoms. The van der Waals surface area contributed by atoms with E-state index in [2.05, 4.69) is 19.1 Å². The van der Waals surface area contributed by atoms with Crippen LogP contribution < -0.4 is 0 Å². The van der Waals surface area contributed by atoms with Crippen molar-refractivity contribution in [2.45, 2.75) is 59.0 Å². The molecule has 0 amide bonds. The van der Waals surface area contributed by atoms with E-state index in [0.29, 0.717) is 0 Å². The molecule has 82 valence electrons. The Morgan fingerprint density at radius 1 is 1.29 bits per heavy atom. The van der Waals surface area contributed by atoms with Gasteiger partial charge in [0.15, 0.2) is 0 Å². The Balaban J connectivity index is 3.56. The normalized spacial score (nSPS) is 13.1. The molecular weight excluding hydrogens is 176 g/mol. The molecule has 0 radical (unpaired) electrons. The van der Waals surface area contributed by atoms with Crippen LogP contribution in [0.5, 0.6) is 0 Å². The van der Waals surface area contributed by atoms with E-state index in [1.807, 2.05) is 6.92 Å². The molecular formula is C12H22O2. The van der Waals surface area contributed by atoms with Gasteiger partial charge in [-0.05, 0) is 25.7 Å². The second-order valence-electron chi connectivity index (χ2n) is 3.48. The van der Waals surface area contributed by atoms with Gasteiger partial charge in [0.05, 0.1) is 0 Å². The molecule has 1 atom stereocenters. The van der Waals surface area contributed by atoms with E-state index < -0.39 is 0 Å². The number of unbranched alkanes of at least 4 members (excludes halogenated alkanes) is 1. The van der Waals surface area contributed by atoms with Gasteiger partial charge >= 0.3 is 5.97 Å². The molecule has 0 aliphatic heterocycles. The molecule has 2 nitrogen and oxygen atoms in total. The van der Waals surface area contributed by atoms with Crippen LogP contribution in [0.4, 0.5) is 0 Å². The minimum atomic E-state index is -0.172. The summed E-state index contributed by atoms with van der Waals surface area (Å²) in [6.45, 7) is 5.68. The maximum Gasteiger partial charge on any atom is 0.302 e. The summed E-state index contributed by atoms with van der Waals surface area (Å²) in [6, 6.07) is 0. The summed E-state index contributed by atoms with van der Waals surface area (Å²) in [5.41, 5.74) is 0. The summed E-state index contributed by atoms with van der Waals surface area (Å²) in [5.74, 6) is -0.172. The lowest BCUT2D eigenvalue weighted by molar-refractivity contribution is -0.146. The number of esters is 1. The maximum absolute atomic E-state index is 10.7. The van der Waals surface area contributed by atoms with E-state index in [9.17, 15) is 4.79 Å². The summed E-state index contributed by atoms with van der Waals surface area (Å²) in [7, 11) is 0. The predicted molar refractivity (Wildman–Crippen MR) is 59.1 cm³/mol. The van der Waals surface area contributed by atoms with E-state index >= 15 is 0 Å². The van der Waals surface area contributed by atoms with E-state index in [1.165, 1.54) is 13.3 Å². The number of carbonyl (C=O) groups is 1. The SMILES string of the molecule is CCCC=CCCC(CC)OC(C)=O. The Labute approximate surface area is 87.3 Å². The van der Waals surface area contributed by atoms with Gasteiger partial charge in [0.25, 0.3) is 0 Å². The van der Waals surface area contributed by atoms with Crippen LogP contribution >= 0.6 is 0 Å². The van der Waals surface area contributed by atoms with Gasteiger partial charge in [-0.15, -0.1) is 0 Å². The van der Waals surface area contributed by atoms with Crippen LogP contribution in [0.15, 0.2) is 12.2 Å². The van der Waals surface area contributed by atoms with E-state index in [4.69, 9.17) is 4.74 Å². The van der Waals surface area contributed by atoms with Crippen molar-refractivity contribution in [3.05, 3.63) is 12.2 Å². The summed E-state index contributed by atoms with van der Waals surface area (Å²) in [5, 5.41) is 0. The lowest BCUT2D eigenvalue weighted by Gasteiger charge is -2.13. The molecule has 0 rings (SSSR count). The summed E-state index contributed by atoms with van der Waals surface area (Å²) >= 11 is 0. The number of hydrogen-bond donors (Lipinski definition) is 0. The molecule has 1 unspecified atom stereocenters. The molecule has 0 aliphatic rings. The molecule has 2 heteroatoms. The molecule has 0 spiro atoms. The average molecular weight is 198 g/mol. The average Bonchev–Trinajstić information content (AvgIpc) is 2.15. The van der Waals surface area contributed by atoms with Gasteiger partial charge in [-0.25, -0.2) is 0 Å². The second-order valence-corrected chi connectivity index (χ2v) is 3.48. The van der Waals surface area contributed by atoms with Gasteiger partial charge in [0.1, 0.15) is 6.10 Å². The van der Waals surface area contributed by atoms with Gasteiger partial charge in [-0.2, -0.15) is 0 Å². The summed E-state index contributed by atoms with van der Waals surface area (Å²) in [4.78, 5) is 10.7. The quantitative estimate of drug-likeness (QED) is 0.462. The third-order valence-corrected chi connectivity index (χ3v) is 2.07. The van der Waals surface area contributed by atoms with Crippen LogP contribution in [0, 0.1) is 0 Å². The second kappa shape index (κ2) is 8.79. The monoisotopic (exact) mass is 198 g/mol. The zero-order valence-corrected chi connectivity index (χ0v) is 9.58. The van der Waals surface area contributed by atoms with Gasteiger partial charge in [-0.1, -0.05) is 32.4 Å². The van der Waals surface area contributed by atoms with Crippen molar-refractivity contribution in [1.82, 2.24) is 0 Å². The van der Waals surface area contributed by atoms with Crippen LogP contribution in [-0.2, 0) is 9.53 Å². The highest BCUT2D eigenvalue weighted by atomic mass is 16.5. The van der Waals surface area contributed by atoms with Gasteiger partial charge in [-0.3, -0.25) is 4.79 Å². The third kappa shape index (κ3) is 7.84. The molecule has 0 heterocycles. The Kier molecular flexibility index (Phi) is 8.30. The van der Waals surface area contributed by atoms with E-state index in [0.717, 1.165) is 25.7 Å². The number of hydrogen-bond acceptors (Lipinski definition) is 2. The summed E-state index contributed by atoms with van der Waals surface area (Å²) in [6.07, 6.45) is 9.65. The lowest BCUT2D eigenvalue weighted by atomic mass is 10.1. The van der Waals surface area contributed by atoms with Crippen LogP contribution in [0.1, 0.15) is 52.9 Å². The van der Waals surface area contributed by atoms with Gasteiger partial charge < -0.3 is 4.74 Å². The van der Waals surface area contributed by atoms with Crippen molar-refractivity contribution in [1.29, 1.82) is 0 Å². The molecule has 0 fully saturated rings. The zero-order chi connectivity index (χ0) is 10.8. The van der Waals surface area contributed by atoms with Crippen LogP contribution in [0.3, 0.4) is 0 Å². The smallest absolute Gasteiger partial charge is 0.302 e. The number of rotatable bonds is 7. The predicted octanol–water partition coefficient (Wildman–Crippen LogP) is 3.46. The molecule has 0 aromatic carbocycles. The molecule has 0 aromatic heterocycles. The standard InChI is InChI=1S/C12H22O2/c1-4-6-7-8-9-10-12(5-2)14-11(3)13/h7-8,12H,4-6,9-10H2,1-3H3. The Morgan fingerprint density at radius 3 is 2.43 bits per heavy atom. The first kappa shape index (κ1) is 13.2. The fraction of sp³-hybridized carbons (Fsp3) is 0.750. The number of carbonyl (C=O) groups excluding carboxylic acids is 1. The largest absolute Gasteiger partial charge is 0.463 e. The molecule has 14 heavy (non-hydrogen) atoms. The Bertz CT molecular complexity index is 173. The van der Waals surface area contributed by atoms with Crippen LogP contribution in [-0.4, -0.2) is 12.1 Å². The highest BCUT2D eigenvalue weighted by molar-refractivity contribution is 5.66. The van der Waals surface area contributed by atoms with Gasteiger partial charge in [0, 0.05) is 6.92 Å². The maximum atomic E-state index is 10.7. The third-order valence-electron chi connectivity index (χ3n) is 2.07. The number of allylic oxidation sites excluding steroid dienone is 2. The first-order valence-electron chi connectivity index (χ1n) is 5.52. The van der Waals surface area contributed by atoms with Crippen molar-refractivity contribution >= 4 is 5.97 Å². The minimum Gasteiger partial charge on any atom is -0.463 e. The first-order chi connectivity index (χ1) is 6.70. The van der Waals surface area contributed by atoms with Crippen LogP contribution in [0.2, 0.25) is 0 Å². The molecule has 0 aliphatic carbocycles. The summed E-state index contributed by atoms with van der Waals surface area (Å²) < 4.78 is 5.13. The highest BCUT2D eigenvalue weighted by Crippen LogP contribution is 2.07. The fourth-order valence-corrected chi connectivity index (χ4v) is 1.27. The van der Waals surface area contributed by atoms with Crippen molar-refractivity contribution in [3.8, 4) is 0 Å². The van der Waals surface area contributed by atoms with Gasteiger partial charge in [0.2, 0.25) is 0 Å². The molecule has 0 saturated carbocycles. The first-order valence-corrected chi connectivity index (χ1v) is 5.52. The zero-order valence-electron chi connectivity index (χ0n) is 9.58. The topological polar surface area (TPSA) is 26.3 Å². The van der Waals surface area contributed by atoms with E-state index in [1.54, 1.807) is 0 Å². The Hall–Kier alpha value is -0.790. The fourth-order valence-electron chi connectivity index (χ4n) is 1.27. The molecule has 0 aromatic rings. The number of ether oxygens (including phenoxy) is 1. The molecule has 0 N–H and O–H groups in total. The lowest BCUT2D eigenvalue weighted by Crippen LogP contribution is -2.14. The van der Waals surface area contributed by atoms with Crippen molar-refractivity contribution in [2.24, 2.45) is 0 Å². The van der Waals surface area contributed by atoms with Crippen molar-refractivity contribution in [3.63, 3.8) is 0 Å². The molecule has 0 saturated heterocycles. The minimum absolute atomic E-state index is 0.0961. The van der Waals surface area contributed by atoms with E-state index in [-0.39, 0.29) is 12.1 Å². The van der Waals surface area contributed by atoms with Crippen molar-refractivity contribution in [2.75, 3.05) is 0 Å². The highest BCUT2D eigenvalue weighted by Gasteiger charge is 2.07.